The number of carbonyl (C=O) groups excluding carboxylic acids is 2. The summed E-state index contributed by atoms with van der Waals surface area (Å²) in [5.74, 6) is -0.236. The molecule has 1 aliphatic rings. The van der Waals surface area contributed by atoms with Gasteiger partial charge in [-0.2, -0.15) is 4.31 Å². The van der Waals surface area contributed by atoms with Crippen LogP contribution in [0, 0.1) is 0 Å². The molecule has 1 atom stereocenters. The Hall–Kier alpha value is -2.91. The molecule has 2 amide bonds. The first-order valence-electron chi connectivity index (χ1n) is 11.6. The molecule has 0 bridgehead atoms. The van der Waals surface area contributed by atoms with Crippen LogP contribution in [0.4, 0.5) is 5.69 Å². The largest absolute Gasteiger partial charge is 0.489 e. The zero-order valence-corrected chi connectivity index (χ0v) is 20.7. The maximum Gasteiger partial charge on any atom is 0.243 e. The summed E-state index contributed by atoms with van der Waals surface area (Å²) in [6, 6.07) is 13.2. The summed E-state index contributed by atoms with van der Waals surface area (Å²) in [6.07, 6.45) is 2.50. The van der Waals surface area contributed by atoms with Gasteiger partial charge in [-0.15, -0.1) is 0 Å². The van der Waals surface area contributed by atoms with Crippen molar-refractivity contribution >= 4 is 27.5 Å². The summed E-state index contributed by atoms with van der Waals surface area (Å²) in [5, 5.41) is 5.61. The summed E-state index contributed by atoms with van der Waals surface area (Å²) >= 11 is 0. The molecule has 3 rings (SSSR count). The van der Waals surface area contributed by atoms with E-state index in [9.17, 15) is 18.0 Å². The molecule has 1 aliphatic heterocycles. The number of hydrogen-bond donors (Lipinski definition) is 2. The van der Waals surface area contributed by atoms with Gasteiger partial charge >= 0.3 is 0 Å². The molecule has 2 aromatic rings. The summed E-state index contributed by atoms with van der Waals surface area (Å²) in [5.41, 5.74) is 1.08. The van der Waals surface area contributed by atoms with Crippen molar-refractivity contribution in [2.75, 3.05) is 18.4 Å². The Labute approximate surface area is 201 Å². The number of amides is 2. The molecule has 184 valence electrons. The van der Waals surface area contributed by atoms with Crippen molar-refractivity contribution in [2.24, 2.45) is 0 Å². The normalized spacial score (nSPS) is 15.5. The van der Waals surface area contributed by atoms with Gasteiger partial charge in [0, 0.05) is 20.0 Å². The summed E-state index contributed by atoms with van der Waals surface area (Å²) in [4.78, 5) is 24.8. The van der Waals surface area contributed by atoms with E-state index in [1.165, 1.54) is 23.4 Å². The molecule has 1 fully saturated rings. The van der Waals surface area contributed by atoms with E-state index in [0.29, 0.717) is 18.8 Å². The number of anilines is 1. The minimum absolute atomic E-state index is 0.0200. The lowest BCUT2D eigenvalue weighted by atomic mass is 10.0. The van der Waals surface area contributed by atoms with Gasteiger partial charge < -0.3 is 15.4 Å². The van der Waals surface area contributed by atoms with E-state index in [1.54, 1.807) is 6.07 Å². The maximum absolute atomic E-state index is 13.2. The van der Waals surface area contributed by atoms with Gasteiger partial charge in [-0.3, -0.25) is 9.59 Å². The maximum atomic E-state index is 13.2. The Morgan fingerprint density at radius 1 is 1.03 bits per heavy atom. The first-order valence-corrected chi connectivity index (χ1v) is 13.0. The SMILES string of the molecule is CC(=O)N[C@H](CC(=O)Nc1cc(S(=O)(=O)N2CCCCC2)ccc1OC(C)C)c1ccccc1. The van der Waals surface area contributed by atoms with Crippen LogP contribution in [-0.2, 0) is 19.6 Å². The fourth-order valence-electron chi connectivity index (χ4n) is 3.95. The van der Waals surface area contributed by atoms with Gasteiger partial charge in [0.1, 0.15) is 5.75 Å². The zero-order chi connectivity index (χ0) is 24.7. The van der Waals surface area contributed by atoms with Crippen LogP contribution >= 0.6 is 0 Å². The fraction of sp³-hybridized carbons (Fsp3) is 0.440. The van der Waals surface area contributed by atoms with Crippen molar-refractivity contribution in [2.45, 2.75) is 63.5 Å². The third-order valence-electron chi connectivity index (χ3n) is 5.51. The molecule has 0 aromatic heterocycles. The number of nitrogens with zero attached hydrogens (tertiary/aromatic N) is 1. The molecule has 0 saturated carbocycles. The second-order valence-electron chi connectivity index (χ2n) is 8.71. The minimum Gasteiger partial charge on any atom is -0.489 e. The van der Waals surface area contributed by atoms with Crippen LogP contribution in [0.25, 0.3) is 0 Å². The molecule has 1 heterocycles. The third kappa shape index (κ3) is 6.80. The Morgan fingerprint density at radius 2 is 1.71 bits per heavy atom. The van der Waals surface area contributed by atoms with Gasteiger partial charge in [0.05, 0.1) is 29.1 Å². The number of carbonyl (C=O) groups is 2. The van der Waals surface area contributed by atoms with Crippen molar-refractivity contribution in [1.29, 1.82) is 0 Å². The second kappa shape index (κ2) is 11.5. The van der Waals surface area contributed by atoms with E-state index in [1.807, 2.05) is 44.2 Å². The quantitative estimate of drug-likeness (QED) is 0.559. The van der Waals surface area contributed by atoms with Crippen molar-refractivity contribution in [1.82, 2.24) is 9.62 Å². The van der Waals surface area contributed by atoms with Crippen LogP contribution in [-0.4, -0.2) is 43.7 Å². The van der Waals surface area contributed by atoms with Crippen LogP contribution in [0.3, 0.4) is 0 Å². The van der Waals surface area contributed by atoms with E-state index in [-0.39, 0.29) is 34.9 Å². The minimum atomic E-state index is -3.68. The number of nitrogens with one attached hydrogen (secondary N) is 2. The van der Waals surface area contributed by atoms with Gasteiger partial charge in [0.25, 0.3) is 0 Å². The number of hydrogen-bond acceptors (Lipinski definition) is 5. The Morgan fingerprint density at radius 3 is 2.32 bits per heavy atom. The van der Waals surface area contributed by atoms with Crippen LogP contribution < -0.4 is 15.4 Å². The monoisotopic (exact) mass is 487 g/mol. The first kappa shape index (κ1) is 25.7. The van der Waals surface area contributed by atoms with Gasteiger partial charge in [-0.1, -0.05) is 36.8 Å². The third-order valence-corrected chi connectivity index (χ3v) is 7.40. The van der Waals surface area contributed by atoms with E-state index >= 15 is 0 Å². The van der Waals surface area contributed by atoms with E-state index < -0.39 is 16.1 Å². The Balaban J connectivity index is 1.86. The number of piperidine rings is 1. The summed E-state index contributed by atoms with van der Waals surface area (Å²) in [6.45, 7) is 6.09. The van der Waals surface area contributed by atoms with Crippen molar-refractivity contribution in [3.63, 3.8) is 0 Å². The fourth-order valence-corrected chi connectivity index (χ4v) is 5.49. The highest BCUT2D eigenvalue weighted by Gasteiger charge is 2.27. The predicted octanol–water partition coefficient (Wildman–Crippen LogP) is 3.85. The first-order chi connectivity index (χ1) is 16.2. The molecule has 2 aromatic carbocycles. The lowest BCUT2D eigenvalue weighted by Crippen LogP contribution is -2.35. The van der Waals surface area contributed by atoms with E-state index in [2.05, 4.69) is 10.6 Å². The van der Waals surface area contributed by atoms with Crippen LogP contribution in [0.5, 0.6) is 5.75 Å². The standard InChI is InChI=1S/C25H33N3O5S/c1-18(2)33-24-13-12-21(34(31,32)28-14-8-5-9-15-28)16-23(24)27-25(30)17-22(26-19(3)29)20-10-6-4-7-11-20/h4,6-7,10-13,16,18,22H,5,8-9,14-15,17H2,1-3H3,(H,26,29)(H,27,30)/t22-/m1/s1. The number of ether oxygens (including phenoxy) is 1. The summed E-state index contributed by atoms with van der Waals surface area (Å²) in [7, 11) is -3.68. The average Bonchev–Trinajstić information content (AvgIpc) is 2.80. The topological polar surface area (TPSA) is 105 Å². The van der Waals surface area contributed by atoms with Crippen LogP contribution in [0.1, 0.15) is 58.1 Å². The Bertz CT molecular complexity index is 1100. The average molecular weight is 488 g/mol. The molecule has 8 nitrogen and oxygen atoms in total. The highest BCUT2D eigenvalue weighted by Crippen LogP contribution is 2.31. The lowest BCUT2D eigenvalue weighted by Gasteiger charge is -2.26. The molecule has 9 heteroatoms. The van der Waals surface area contributed by atoms with E-state index in [4.69, 9.17) is 4.74 Å². The molecule has 0 radical (unpaired) electrons. The van der Waals surface area contributed by atoms with Gasteiger partial charge in [-0.25, -0.2) is 8.42 Å². The van der Waals surface area contributed by atoms with Crippen molar-refractivity contribution in [3.05, 3.63) is 54.1 Å². The summed E-state index contributed by atoms with van der Waals surface area (Å²) < 4.78 is 33.6. The van der Waals surface area contributed by atoms with Crippen molar-refractivity contribution < 1.29 is 22.7 Å². The van der Waals surface area contributed by atoms with Gasteiger partial charge in [0.15, 0.2) is 0 Å². The number of rotatable bonds is 9. The molecular weight excluding hydrogens is 454 g/mol. The van der Waals surface area contributed by atoms with Crippen LogP contribution in [0.2, 0.25) is 0 Å². The molecular formula is C25H33N3O5S. The highest BCUT2D eigenvalue weighted by atomic mass is 32.2. The molecule has 34 heavy (non-hydrogen) atoms. The van der Waals surface area contributed by atoms with Crippen LogP contribution in [0.15, 0.2) is 53.4 Å². The highest BCUT2D eigenvalue weighted by molar-refractivity contribution is 7.89. The molecule has 0 spiro atoms. The van der Waals surface area contributed by atoms with E-state index in [0.717, 1.165) is 24.8 Å². The molecule has 0 aliphatic carbocycles. The van der Waals surface area contributed by atoms with Gasteiger partial charge in [-0.05, 0) is 50.5 Å². The molecule has 1 saturated heterocycles. The number of benzene rings is 2. The Kier molecular flexibility index (Phi) is 8.68. The molecule has 0 unspecified atom stereocenters. The number of sulfonamides is 1. The van der Waals surface area contributed by atoms with Crippen molar-refractivity contribution in [3.8, 4) is 5.75 Å². The zero-order valence-electron chi connectivity index (χ0n) is 19.9. The predicted molar refractivity (Wildman–Crippen MR) is 131 cm³/mol. The van der Waals surface area contributed by atoms with Gasteiger partial charge in [0.2, 0.25) is 21.8 Å². The smallest absolute Gasteiger partial charge is 0.243 e. The molecule has 2 N–H and O–H groups in total. The second-order valence-corrected chi connectivity index (χ2v) is 10.6. The lowest BCUT2D eigenvalue weighted by molar-refractivity contribution is -0.120.